The van der Waals surface area contributed by atoms with E-state index in [1.165, 1.54) is 23.3 Å². The summed E-state index contributed by atoms with van der Waals surface area (Å²) in [5.74, 6) is -0.678. The fraction of sp³-hybridized carbons (Fsp3) is 0.231. The number of carbonyl (C=O) groups excluding carboxylic acids is 2. The normalized spacial score (nSPS) is 20.9. The van der Waals surface area contributed by atoms with Crippen LogP contribution in [0.5, 0.6) is 0 Å². The van der Waals surface area contributed by atoms with Crippen molar-refractivity contribution < 1.29 is 14.0 Å². The third-order valence-corrected chi connectivity index (χ3v) is 6.52. The highest BCUT2D eigenvalue weighted by molar-refractivity contribution is 5.96. The first kappa shape index (κ1) is 19.5. The van der Waals surface area contributed by atoms with Gasteiger partial charge in [0.2, 0.25) is 11.8 Å². The summed E-state index contributed by atoms with van der Waals surface area (Å²) in [5, 5.41) is 5.61. The Kier molecular flexibility index (Phi) is 4.81. The predicted molar refractivity (Wildman–Crippen MR) is 118 cm³/mol. The number of benzene rings is 3. The van der Waals surface area contributed by atoms with Gasteiger partial charge in [-0.1, -0.05) is 48.5 Å². The third-order valence-electron chi connectivity index (χ3n) is 6.52. The second-order valence-electron chi connectivity index (χ2n) is 8.46. The summed E-state index contributed by atoms with van der Waals surface area (Å²) >= 11 is 0. The van der Waals surface area contributed by atoms with Crippen molar-refractivity contribution in [3.05, 3.63) is 95.3 Å². The van der Waals surface area contributed by atoms with Crippen LogP contribution in [0.3, 0.4) is 0 Å². The zero-order chi connectivity index (χ0) is 21.4. The molecule has 2 atom stereocenters. The number of rotatable bonds is 5. The highest BCUT2D eigenvalue weighted by Gasteiger charge is 2.61. The van der Waals surface area contributed by atoms with Crippen LogP contribution in [0.2, 0.25) is 0 Å². The quantitative estimate of drug-likeness (QED) is 0.627. The van der Waals surface area contributed by atoms with E-state index in [-0.39, 0.29) is 35.3 Å². The SMILES string of the molecule is O=C(Cc1ccc(NC(=O)C2CC23CCc2ccccc23)cc1)Nc1ccccc1F. The lowest BCUT2D eigenvalue weighted by Gasteiger charge is -2.12. The summed E-state index contributed by atoms with van der Waals surface area (Å²) in [6, 6.07) is 21.8. The highest BCUT2D eigenvalue weighted by Crippen LogP contribution is 2.61. The minimum Gasteiger partial charge on any atom is -0.326 e. The van der Waals surface area contributed by atoms with Crippen LogP contribution in [0.25, 0.3) is 0 Å². The number of amides is 2. The number of carbonyl (C=O) groups is 2. The fourth-order valence-electron chi connectivity index (χ4n) is 4.82. The Balaban J connectivity index is 1.18. The van der Waals surface area contributed by atoms with Crippen LogP contribution in [-0.4, -0.2) is 11.8 Å². The van der Waals surface area contributed by atoms with Gasteiger partial charge in [-0.05, 0) is 60.2 Å². The van der Waals surface area contributed by atoms with Gasteiger partial charge >= 0.3 is 0 Å². The number of halogens is 1. The molecular formula is C26H23FN2O2. The minimum atomic E-state index is -0.461. The molecule has 1 fully saturated rings. The molecule has 2 aliphatic carbocycles. The van der Waals surface area contributed by atoms with Crippen molar-refractivity contribution in [2.45, 2.75) is 31.1 Å². The average Bonchev–Trinajstić information content (AvgIpc) is 3.40. The van der Waals surface area contributed by atoms with Crippen LogP contribution in [0, 0.1) is 11.7 Å². The molecule has 3 aromatic rings. The molecule has 1 saturated carbocycles. The molecule has 2 N–H and O–H groups in total. The van der Waals surface area contributed by atoms with Gasteiger partial charge in [-0.3, -0.25) is 9.59 Å². The first-order chi connectivity index (χ1) is 15.0. The number of nitrogens with one attached hydrogen (secondary N) is 2. The van der Waals surface area contributed by atoms with Gasteiger partial charge in [0.1, 0.15) is 5.82 Å². The maximum Gasteiger partial charge on any atom is 0.228 e. The maximum atomic E-state index is 13.7. The van der Waals surface area contributed by atoms with E-state index in [4.69, 9.17) is 0 Å². The van der Waals surface area contributed by atoms with E-state index >= 15 is 0 Å². The topological polar surface area (TPSA) is 58.2 Å². The van der Waals surface area contributed by atoms with Crippen molar-refractivity contribution in [3.8, 4) is 0 Å². The van der Waals surface area contributed by atoms with Gasteiger partial charge in [0, 0.05) is 17.0 Å². The standard InChI is InChI=1S/C26H23FN2O2/c27-22-7-3-4-8-23(22)29-24(30)15-17-9-11-19(12-10-17)28-25(31)21-16-26(21)14-13-18-5-1-2-6-20(18)26/h1-12,21H,13-16H2,(H,28,31)(H,29,30). The Labute approximate surface area is 180 Å². The van der Waals surface area contributed by atoms with Crippen LogP contribution >= 0.6 is 0 Å². The number of anilines is 2. The van der Waals surface area contributed by atoms with E-state index in [9.17, 15) is 14.0 Å². The monoisotopic (exact) mass is 414 g/mol. The molecule has 0 heterocycles. The number of para-hydroxylation sites is 1. The van der Waals surface area contributed by atoms with Crippen molar-refractivity contribution in [3.63, 3.8) is 0 Å². The van der Waals surface area contributed by atoms with Crippen molar-refractivity contribution in [1.29, 1.82) is 0 Å². The van der Waals surface area contributed by atoms with Gasteiger partial charge in [0.25, 0.3) is 0 Å². The lowest BCUT2D eigenvalue weighted by atomic mass is 9.95. The molecule has 2 amide bonds. The van der Waals surface area contributed by atoms with Crippen LogP contribution in [0.15, 0.2) is 72.8 Å². The molecule has 4 nitrogen and oxygen atoms in total. The van der Waals surface area contributed by atoms with Crippen LogP contribution in [0.4, 0.5) is 15.8 Å². The van der Waals surface area contributed by atoms with Crippen LogP contribution in [0.1, 0.15) is 29.5 Å². The Morgan fingerprint density at radius 1 is 0.935 bits per heavy atom. The minimum absolute atomic E-state index is 0.0161. The molecule has 2 aliphatic rings. The Morgan fingerprint density at radius 2 is 1.68 bits per heavy atom. The second-order valence-corrected chi connectivity index (χ2v) is 8.46. The van der Waals surface area contributed by atoms with E-state index in [2.05, 4.69) is 34.9 Å². The lowest BCUT2D eigenvalue weighted by molar-refractivity contribution is -0.118. The second kappa shape index (κ2) is 7.65. The van der Waals surface area contributed by atoms with Crippen molar-refractivity contribution >= 4 is 23.2 Å². The van der Waals surface area contributed by atoms with Crippen LogP contribution in [-0.2, 0) is 27.8 Å². The molecule has 0 aliphatic heterocycles. The molecule has 0 radical (unpaired) electrons. The predicted octanol–water partition coefficient (Wildman–Crippen LogP) is 4.85. The molecule has 31 heavy (non-hydrogen) atoms. The molecule has 0 saturated heterocycles. The third kappa shape index (κ3) is 3.72. The molecule has 0 bridgehead atoms. The lowest BCUT2D eigenvalue weighted by Crippen LogP contribution is -2.20. The Hall–Kier alpha value is -3.47. The molecule has 5 heteroatoms. The molecule has 3 aromatic carbocycles. The van der Waals surface area contributed by atoms with E-state index in [1.807, 2.05) is 12.1 Å². The van der Waals surface area contributed by atoms with Gasteiger partial charge < -0.3 is 10.6 Å². The van der Waals surface area contributed by atoms with Crippen molar-refractivity contribution in [2.75, 3.05) is 10.6 Å². The van der Waals surface area contributed by atoms with Gasteiger partial charge in [0.05, 0.1) is 12.1 Å². The van der Waals surface area contributed by atoms with Gasteiger partial charge in [-0.25, -0.2) is 4.39 Å². The van der Waals surface area contributed by atoms with Gasteiger partial charge in [-0.15, -0.1) is 0 Å². The summed E-state index contributed by atoms with van der Waals surface area (Å²) in [6.45, 7) is 0. The van der Waals surface area contributed by atoms with E-state index in [0.717, 1.165) is 30.5 Å². The number of aryl methyl sites for hydroxylation is 1. The number of hydrogen-bond donors (Lipinski definition) is 2. The zero-order valence-corrected chi connectivity index (χ0v) is 17.0. The van der Waals surface area contributed by atoms with E-state index < -0.39 is 5.82 Å². The van der Waals surface area contributed by atoms with Crippen molar-refractivity contribution in [2.24, 2.45) is 5.92 Å². The van der Waals surface area contributed by atoms with Gasteiger partial charge in [0.15, 0.2) is 0 Å². The summed E-state index contributed by atoms with van der Waals surface area (Å²) in [5.41, 5.74) is 4.41. The first-order valence-electron chi connectivity index (χ1n) is 10.6. The highest BCUT2D eigenvalue weighted by atomic mass is 19.1. The van der Waals surface area contributed by atoms with E-state index in [1.54, 1.807) is 24.3 Å². The Bertz CT molecular complexity index is 1160. The largest absolute Gasteiger partial charge is 0.326 e. The number of fused-ring (bicyclic) bond motifs is 2. The Morgan fingerprint density at radius 3 is 2.48 bits per heavy atom. The zero-order valence-electron chi connectivity index (χ0n) is 17.0. The summed E-state index contributed by atoms with van der Waals surface area (Å²) in [7, 11) is 0. The first-order valence-corrected chi connectivity index (χ1v) is 10.6. The maximum absolute atomic E-state index is 13.7. The molecule has 5 rings (SSSR count). The molecular weight excluding hydrogens is 391 g/mol. The molecule has 156 valence electrons. The van der Waals surface area contributed by atoms with Crippen LogP contribution < -0.4 is 10.6 Å². The smallest absolute Gasteiger partial charge is 0.228 e. The summed E-state index contributed by atoms with van der Waals surface area (Å²) in [4.78, 5) is 25.0. The summed E-state index contributed by atoms with van der Waals surface area (Å²) in [6.07, 6.45) is 3.12. The molecule has 1 spiro atoms. The summed E-state index contributed by atoms with van der Waals surface area (Å²) < 4.78 is 13.7. The van der Waals surface area contributed by atoms with Gasteiger partial charge in [-0.2, -0.15) is 0 Å². The van der Waals surface area contributed by atoms with E-state index in [0.29, 0.717) is 0 Å². The molecule has 2 unspecified atom stereocenters. The van der Waals surface area contributed by atoms with Crippen molar-refractivity contribution in [1.82, 2.24) is 0 Å². The number of hydrogen-bond acceptors (Lipinski definition) is 2. The molecule has 0 aromatic heterocycles. The average molecular weight is 414 g/mol. The fourth-order valence-corrected chi connectivity index (χ4v) is 4.82.